The van der Waals surface area contributed by atoms with Crippen LogP contribution in [0.5, 0.6) is 0 Å². The Morgan fingerprint density at radius 1 is 1.05 bits per heavy atom. The van der Waals surface area contributed by atoms with Gasteiger partial charge in [0.05, 0.1) is 5.92 Å². The van der Waals surface area contributed by atoms with E-state index >= 15 is 0 Å². The van der Waals surface area contributed by atoms with Gasteiger partial charge < -0.3 is 9.47 Å². The third-order valence-electron chi connectivity index (χ3n) is 2.88. The second kappa shape index (κ2) is 5.34. The van der Waals surface area contributed by atoms with Crippen molar-refractivity contribution in [3.05, 3.63) is 10.8 Å². The van der Waals surface area contributed by atoms with Gasteiger partial charge in [0, 0.05) is 0 Å². The average Bonchev–Trinajstić information content (AvgIpc) is 2.25. The molecule has 1 aromatic heterocycles. The van der Waals surface area contributed by atoms with E-state index in [2.05, 4.69) is 0 Å². The number of hydrogen-bond donors (Lipinski definition) is 0. The first kappa shape index (κ1) is 16.4. The molecule has 0 saturated carbocycles. The van der Waals surface area contributed by atoms with Crippen LogP contribution < -0.4 is 10.8 Å². The molecule has 0 aromatic carbocycles. The lowest BCUT2D eigenvalue weighted by Crippen LogP contribution is -2.44. The fourth-order valence-corrected chi connectivity index (χ4v) is 2.09. The third-order valence-corrected chi connectivity index (χ3v) is 2.88. The first-order valence-electron chi connectivity index (χ1n) is 7.23. The minimum atomic E-state index is -0.753. The van der Waals surface area contributed by atoms with Crippen LogP contribution in [-0.4, -0.2) is 23.1 Å². The molecule has 1 aliphatic rings. The van der Waals surface area contributed by atoms with Crippen LogP contribution in [-0.2, 0) is 19.1 Å². The van der Waals surface area contributed by atoms with Crippen LogP contribution in [0.25, 0.3) is 11.6 Å². The van der Waals surface area contributed by atoms with Crippen LogP contribution in [0.2, 0.25) is 0 Å². The Balaban J connectivity index is 2.36. The molecule has 0 aliphatic heterocycles. The topological polar surface area (TPSA) is 78.9 Å². The van der Waals surface area contributed by atoms with E-state index in [1.807, 2.05) is 0 Å². The van der Waals surface area contributed by atoms with Crippen LogP contribution in [0.15, 0.2) is 9.15 Å². The predicted molar refractivity (Wildman–Crippen MR) is 77.9 cm³/mol. The van der Waals surface area contributed by atoms with Gasteiger partial charge in [-0.1, -0.05) is 0 Å². The van der Waals surface area contributed by atoms with Gasteiger partial charge in [-0.2, -0.15) is 0 Å². The van der Waals surface area contributed by atoms with Crippen LogP contribution in [0.3, 0.4) is 0 Å². The summed E-state index contributed by atoms with van der Waals surface area (Å²) < 4.78 is 20.5. The summed E-state index contributed by atoms with van der Waals surface area (Å²) in [4.78, 5) is 24.8. The molecule has 0 radical (unpaired) electrons. The molecule has 6 heteroatoms. The maximum atomic E-state index is 12.4. The van der Waals surface area contributed by atoms with E-state index in [0.717, 1.165) is 0 Å². The van der Waals surface area contributed by atoms with Gasteiger partial charge in [0.15, 0.2) is 0 Å². The Morgan fingerprint density at radius 2 is 1.64 bits per heavy atom. The van der Waals surface area contributed by atoms with Crippen LogP contribution >= 0.6 is 0 Å². The Morgan fingerprint density at radius 3 is 2.09 bits per heavy atom. The Bertz CT molecular complexity index is 689. The number of fused-ring (bicyclic) bond motifs is 1. The number of carbonyl (C=O) groups is 2. The van der Waals surface area contributed by atoms with Crippen molar-refractivity contribution in [2.24, 2.45) is 5.92 Å². The zero-order valence-electron chi connectivity index (χ0n) is 13.8. The van der Waals surface area contributed by atoms with Crippen LogP contribution in [0.4, 0.5) is 0 Å². The number of hydrogen-bond acceptors (Lipinski definition) is 6. The number of esters is 2. The molecule has 1 heterocycles. The van der Waals surface area contributed by atoms with E-state index in [1.54, 1.807) is 47.6 Å². The summed E-state index contributed by atoms with van der Waals surface area (Å²) in [6.45, 7) is 10.6. The fourth-order valence-electron chi connectivity index (χ4n) is 2.09. The summed E-state index contributed by atoms with van der Waals surface area (Å²) >= 11 is 0. The van der Waals surface area contributed by atoms with Crippen LogP contribution in [0.1, 0.15) is 48.0 Å². The van der Waals surface area contributed by atoms with Gasteiger partial charge in [-0.3, -0.25) is 13.9 Å². The molecule has 0 amide bonds. The van der Waals surface area contributed by atoms with E-state index in [4.69, 9.17) is 18.6 Å². The molecule has 0 fully saturated rings. The lowest BCUT2D eigenvalue weighted by Gasteiger charge is -2.27. The molecule has 122 valence electrons. The van der Waals surface area contributed by atoms with Crippen molar-refractivity contribution in [1.82, 2.24) is 0 Å². The highest BCUT2D eigenvalue weighted by Crippen LogP contribution is 2.25. The van der Waals surface area contributed by atoms with E-state index in [-0.39, 0.29) is 11.0 Å². The second-order valence-corrected chi connectivity index (χ2v) is 7.30. The number of rotatable bonds is 2. The van der Waals surface area contributed by atoms with Gasteiger partial charge in [0.1, 0.15) is 16.8 Å². The zero-order valence-corrected chi connectivity index (χ0v) is 13.8. The van der Waals surface area contributed by atoms with Crippen molar-refractivity contribution in [3.63, 3.8) is 0 Å². The summed E-state index contributed by atoms with van der Waals surface area (Å²) in [5.74, 6) is -1.82. The standard InChI is InChI=1S/C16H22O6/c1-15(2,3)19-13(17)9-7-8-10-12(22-21-10)11(9)14(18)20-16(4,5)6/h8-9H,7H2,1-6H3. The summed E-state index contributed by atoms with van der Waals surface area (Å²) in [7, 11) is 0. The van der Waals surface area contributed by atoms with Gasteiger partial charge in [-0.15, -0.1) is 0 Å². The summed E-state index contributed by atoms with van der Waals surface area (Å²) in [6.07, 6.45) is 2.02. The molecule has 0 saturated heterocycles. The van der Waals surface area contributed by atoms with Crippen molar-refractivity contribution < 1.29 is 28.2 Å². The number of ether oxygens (including phenoxy) is 2. The van der Waals surface area contributed by atoms with E-state index in [0.29, 0.717) is 11.8 Å². The molecule has 0 N–H and O–H groups in total. The molecule has 2 rings (SSSR count). The lowest BCUT2D eigenvalue weighted by atomic mass is 9.91. The van der Waals surface area contributed by atoms with Crippen molar-refractivity contribution in [2.45, 2.75) is 59.2 Å². The lowest BCUT2D eigenvalue weighted by molar-refractivity contribution is -0.160. The Hall–Kier alpha value is -1.98. The highest BCUT2D eigenvalue weighted by Gasteiger charge is 2.38. The Kier molecular flexibility index (Phi) is 3.98. The van der Waals surface area contributed by atoms with Gasteiger partial charge in [-0.25, -0.2) is 4.79 Å². The van der Waals surface area contributed by atoms with Crippen LogP contribution in [0, 0.1) is 5.92 Å². The number of carbonyl (C=O) groups excluding carboxylic acids is 2. The smallest absolute Gasteiger partial charge is 0.339 e. The highest BCUT2D eigenvalue weighted by molar-refractivity contribution is 6.15. The average molecular weight is 310 g/mol. The minimum Gasteiger partial charge on any atom is -0.459 e. The molecular weight excluding hydrogens is 288 g/mol. The summed E-state index contributed by atoms with van der Waals surface area (Å²) in [5, 5.41) is 0. The van der Waals surface area contributed by atoms with E-state index < -0.39 is 29.1 Å². The zero-order chi connectivity index (χ0) is 16.7. The first-order chi connectivity index (χ1) is 9.98. The predicted octanol–water partition coefficient (Wildman–Crippen LogP) is 1.51. The summed E-state index contributed by atoms with van der Waals surface area (Å²) in [5.41, 5.74) is -0.429. The van der Waals surface area contributed by atoms with E-state index in [1.165, 1.54) is 0 Å². The molecule has 0 spiro atoms. The quantitative estimate of drug-likeness (QED) is 0.608. The monoisotopic (exact) mass is 310 g/mol. The van der Waals surface area contributed by atoms with Crippen molar-refractivity contribution in [3.8, 4) is 0 Å². The molecular formula is C16H22O6. The normalized spacial score (nSPS) is 18.5. The van der Waals surface area contributed by atoms with Crippen molar-refractivity contribution >= 4 is 23.6 Å². The fraction of sp³-hybridized carbons (Fsp3) is 0.625. The highest BCUT2D eigenvalue weighted by atomic mass is 17.0. The SMILES string of the molecule is CC(C)(C)OC(=O)C1=c2ooc2=CCC1C(=O)OC(C)(C)C. The van der Waals surface area contributed by atoms with Crippen molar-refractivity contribution in [1.29, 1.82) is 0 Å². The van der Waals surface area contributed by atoms with Gasteiger partial charge in [0.2, 0.25) is 10.8 Å². The molecule has 1 aliphatic carbocycles. The molecule has 0 bridgehead atoms. The van der Waals surface area contributed by atoms with Gasteiger partial charge >= 0.3 is 11.9 Å². The second-order valence-electron chi connectivity index (χ2n) is 7.30. The molecule has 6 nitrogen and oxygen atoms in total. The minimum absolute atomic E-state index is 0.160. The third kappa shape index (κ3) is 3.61. The van der Waals surface area contributed by atoms with Gasteiger partial charge in [0.25, 0.3) is 0 Å². The summed E-state index contributed by atoms with van der Waals surface area (Å²) in [6, 6.07) is 0. The largest absolute Gasteiger partial charge is 0.459 e. The Labute approximate surface area is 128 Å². The maximum Gasteiger partial charge on any atom is 0.339 e. The molecule has 1 unspecified atom stereocenters. The van der Waals surface area contributed by atoms with E-state index in [9.17, 15) is 9.59 Å². The molecule has 1 atom stereocenters. The first-order valence-corrected chi connectivity index (χ1v) is 7.23. The maximum absolute atomic E-state index is 12.4. The molecule has 22 heavy (non-hydrogen) atoms. The van der Waals surface area contributed by atoms with Gasteiger partial charge in [-0.05, 0) is 54.0 Å². The molecule has 1 aromatic rings. The van der Waals surface area contributed by atoms with Crippen molar-refractivity contribution in [2.75, 3.05) is 0 Å².